The van der Waals surface area contributed by atoms with Crippen LogP contribution in [-0.4, -0.2) is 27.6 Å². The molecule has 0 amide bonds. The van der Waals surface area contributed by atoms with Crippen molar-refractivity contribution in [3.63, 3.8) is 0 Å². The summed E-state index contributed by atoms with van der Waals surface area (Å²) in [5, 5.41) is 9.74. The molecule has 0 saturated carbocycles. The number of carboxylic acids is 1. The van der Waals surface area contributed by atoms with E-state index in [2.05, 4.69) is 0 Å². The van der Waals surface area contributed by atoms with Crippen molar-refractivity contribution >= 4 is 28.4 Å². The first-order valence-corrected chi connectivity index (χ1v) is 4.30. The van der Waals surface area contributed by atoms with Gasteiger partial charge in [-0.1, -0.05) is 0 Å². The second-order valence-corrected chi connectivity index (χ2v) is 3.30. The average Bonchev–Trinajstić information content (AvgIpc) is 1.63. The van der Waals surface area contributed by atoms with Crippen LogP contribution in [0.25, 0.3) is 0 Å². The zero-order chi connectivity index (χ0) is 7.28. The van der Waals surface area contributed by atoms with Crippen LogP contribution >= 0.6 is 11.6 Å². The van der Waals surface area contributed by atoms with E-state index in [0.29, 0.717) is 0 Å². The maximum atomic E-state index is 10.5. The van der Waals surface area contributed by atoms with Crippen LogP contribution in [0.15, 0.2) is 0 Å². The van der Waals surface area contributed by atoms with E-state index in [-0.39, 0.29) is 11.6 Å². The summed E-state index contributed by atoms with van der Waals surface area (Å²) < 4.78 is 10.5. The Kier molecular flexibility index (Phi) is 4.71. The molecule has 0 aliphatic carbocycles. The molecule has 1 atom stereocenters. The van der Waals surface area contributed by atoms with Crippen molar-refractivity contribution in [1.82, 2.24) is 0 Å². The lowest BCUT2D eigenvalue weighted by Gasteiger charge is -1.98. The molecule has 0 rings (SSSR count). The normalized spacial score (nSPS) is 13.0. The van der Waals surface area contributed by atoms with Gasteiger partial charge in [0, 0.05) is 22.4 Å². The highest BCUT2D eigenvalue weighted by atomic mass is 35.5. The summed E-state index contributed by atoms with van der Waals surface area (Å²) in [6.45, 7) is 0. The van der Waals surface area contributed by atoms with E-state index in [9.17, 15) is 14.1 Å². The first kappa shape index (κ1) is 8.91. The molecule has 0 saturated heterocycles. The van der Waals surface area contributed by atoms with Crippen LogP contribution in [0.2, 0.25) is 0 Å². The van der Waals surface area contributed by atoms with E-state index in [1.54, 1.807) is 0 Å². The number of carboxylic acid groups (broad SMARTS) is 1. The van der Waals surface area contributed by atoms with E-state index in [1.807, 2.05) is 0 Å². The summed E-state index contributed by atoms with van der Waals surface area (Å²) in [7, 11) is -1.34. The minimum absolute atomic E-state index is 0.218. The lowest BCUT2D eigenvalue weighted by atomic mass is 10.8. The van der Waals surface area contributed by atoms with Crippen molar-refractivity contribution in [2.45, 2.75) is 0 Å². The lowest BCUT2D eigenvalue weighted by molar-refractivity contribution is -0.301. The quantitative estimate of drug-likeness (QED) is 0.493. The summed E-state index contributed by atoms with van der Waals surface area (Å²) in [5.74, 6) is -1.26. The van der Waals surface area contributed by atoms with E-state index in [4.69, 9.17) is 11.6 Å². The zero-order valence-electron chi connectivity index (χ0n) is 4.63. The summed E-state index contributed by atoms with van der Waals surface area (Å²) in [6, 6.07) is 0. The molecule has 0 heterocycles. The van der Waals surface area contributed by atoms with Crippen LogP contribution in [0.1, 0.15) is 0 Å². The van der Waals surface area contributed by atoms with Crippen LogP contribution in [0.4, 0.5) is 0 Å². The van der Waals surface area contributed by atoms with Crippen molar-refractivity contribution in [2.75, 3.05) is 17.4 Å². The molecule has 0 N–H and O–H groups in total. The lowest BCUT2D eigenvalue weighted by Crippen LogP contribution is -2.29. The van der Waals surface area contributed by atoms with E-state index >= 15 is 0 Å². The maximum absolute atomic E-state index is 10.5. The van der Waals surface area contributed by atoms with Gasteiger partial charge in [-0.15, -0.1) is 11.6 Å². The SMILES string of the molecule is O=C([O-])CS(=O)CCCl. The minimum atomic E-state index is -1.34. The van der Waals surface area contributed by atoms with Crippen molar-refractivity contribution < 1.29 is 14.1 Å². The maximum Gasteiger partial charge on any atom is 0.0632 e. The molecule has 0 aromatic heterocycles. The van der Waals surface area contributed by atoms with Gasteiger partial charge >= 0.3 is 0 Å². The Morgan fingerprint density at radius 2 is 2.22 bits per heavy atom. The highest BCUT2D eigenvalue weighted by molar-refractivity contribution is 7.85. The van der Waals surface area contributed by atoms with Crippen LogP contribution in [-0.2, 0) is 15.6 Å². The second kappa shape index (κ2) is 4.76. The molecule has 3 nitrogen and oxygen atoms in total. The zero-order valence-corrected chi connectivity index (χ0v) is 6.20. The van der Waals surface area contributed by atoms with Gasteiger partial charge in [-0.2, -0.15) is 0 Å². The summed E-state index contributed by atoms with van der Waals surface area (Å²) in [6.07, 6.45) is 0. The van der Waals surface area contributed by atoms with Crippen LogP contribution < -0.4 is 5.11 Å². The van der Waals surface area contributed by atoms with Crippen molar-refractivity contribution in [1.29, 1.82) is 0 Å². The summed E-state index contributed by atoms with van der Waals surface area (Å²) in [4.78, 5) is 9.74. The Morgan fingerprint density at radius 3 is 2.56 bits per heavy atom. The highest BCUT2D eigenvalue weighted by Gasteiger charge is 1.96. The third-order valence-electron chi connectivity index (χ3n) is 0.584. The Morgan fingerprint density at radius 1 is 1.67 bits per heavy atom. The van der Waals surface area contributed by atoms with Gasteiger partial charge in [0.05, 0.1) is 11.7 Å². The van der Waals surface area contributed by atoms with Gasteiger partial charge in [0.2, 0.25) is 0 Å². The molecule has 54 valence electrons. The number of alkyl halides is 1. The summed E-state index contributed by atoms with van der Waals surface area (Å²) in [5.41, 5.74) is 0. The van der Waals surface area contributed by atoms with Crippen LogP contribution in [0.5, 0.6) is 0 Å². The van der Waals surface area contributed by atoms with Gasteiger partial charge in [-0.3, -0.25) is 4.21 Å². The molecule has 0 aliphatic rings. The van der Waals surface area contributed by atoms with Gasteiger partial charge in [0.25, 0.3) is 0 Å². The average molecular weight is 170 g/mol. The first-order valence-electron chi connectivity index (χ1n) is 2.27. The first-order chi connectivity index (χ1) is 4.16. The molecule has 0 bridgehead atoms. The van der Waals surface area contributed by atoms with Gasteiger partial charge < -0.3 is 9.90 Å². The number of carbonyl (C=O) groups is 1. The van der Waals surface area contributed by atoms with Crippen molar-refractivity contribution in [3.8, 4) is 0 Å². The fraction of sp³-hybridized carbons (Fsp3) is 0.750. The van der Waals surface area contributed by atoms with Crippen molar-refractivity contribution in [3.05, 3.63) is 0 Å². The molecule has 0 fully saturated rings. The molecule has 0 radical (unpaired) electrons. The molecular formula is C4H6ClO3S-. The number of halogens is 1. The summed E-state index contributed by atoms with van der Waals surface area (Å²) >= 11 is 5.17. The minimum Gasteiger partial charge on any atom is -0.549 e. The van der Waals surface area contributed by atoms with E-state index in [0.717, 1.165) is 0 Å². The molecule has 0 aromatic rings. The number of hydrogen-bond donors (Lipinski definition) is 0. The molecule has 5 heteroatoms. The molecule has 0 aromatic carbocycles. The standard InChI is InChI=1S/C4H7ClO3S/c5-1-2-9(8)3-4(6)7/h1-3H2,(H,6,7)/p-1. The van der Waals surface area contributed by atoms with Crippen molar-refractivity contribution in [2.24, 2.45) is 0 Å². The molecule has 0 aliphatic heterocycles. The Labute approximate surface area is 60.5 Å². The van der Waals surface area contributed by atoms with Crippen LogP contribution in [0.3, 0.4) is 0 Å². The number of hydrogen-bond acceptors (Lipinski definition) is 3. The Hall–Kier alpha value is -0.0900. The fourth-order valence-electron chi connectivity index (χ4n) is 0.290. The van der Waals surface area contributed by atoms with Gasteiger partial charge in [-0.05, 0) is 0 Å². The fourth-order valence-corrected chi connectivity index (χ4v) is 1.39. The number of aliphatic carboxylic acids is 1. The van der Waals surface area contributed by atoms with E-state index in [1.165, 1.54) is 0 Å². The van der Waals surface area contributed by atoms with E-state index < -0.39 is 22.5 Å². The largest absolute Gasteiger partial charge is 0.549 e. The Balaban J connectivity index is 3.39. The smallest absolute Gasteiger partial charge is 0.0632 e. The third-order valence-corrected chi connectivity index (χ3v) is 2.21. The molecular weight excluding hydrogens is 164 g/mol. The van der Waals surface area contributed by atoms with Gasteiger partial charge in [0.15, 0.2) is 0 Å². The topological polar surface area (TPSA) is 57.2 Å². The predicted molar refractivity (Wildman–Crippen MR) is 33.6 cm³/mol. The highest BCUT2D eigenvalue weighted by Crippen LogP contribution is 1.83. The van der Waals surface area contributed by atoms with Gasteiger partial charge in [0.1, 0.15) is 0 Å². The molecule has 0 spiro atoms. The molecule has 9 heavy (non-hydrogen) atoms. The monoisotopic (exact) mass is 169 g/mol. The van der Waals surface area contributed by atoms with Crippen LogP contribution in [0, 0.1) is 0 Å². The second-order valence-electron chi connectivity index (χ2n) is 1.35. The molecule has 1 unspecified atom stereocenters. The predicted octanol–water partition coefficient (Wildman–Crippen LogP) is -1.28. The number of carbonyl (C=O) groups excluding carboxylic acids is 1. The third kappa shape index (κ3) is 5.79. The number of rotatable bonds is 4. The van der Waals surface area contributed by atoms with Gasteiger partial charge in [-0.25, -0.2) is 0 Å². The Bertz CT molecular complexity index is 125.